The van der Waals surface area contributed by atoms with Crippen LogP contribution in [0.5, 0.6) is 0 Å². The summed E-state index contributed by atoms with van der Waals surface area (Å²) in [6, 6.07) is 0. The van der Waals surface area contributed by atoms with Gasteiger partial charge in [-0.2, -0.15) is 11.8 Å². The molecule has 2 aliphatic rings. The molecule has 92 valence electrons. The Kier molecular flexibility index (Phi) is 4.81. The molecule has 6 heteroatoms. The molecule has 2 saturated heterocycles. The van der Waals surface area contributed by atoms with E-state index in [1.165, 1.54) is 0 Å². The molecule has 16 heavy (non-hydrogen) atoms. The molecule has 3 unspecified atom stereocenters. The fourth-order valence-corrected chi connectivity index (χ4v) is 4.49. The third kappa shape index (κ3) is 3.29. The molecule has 0 spiro atoms. The van der Waals surface area contributed by atoms with Crippen LogP contribution in [0.4, 0.5) is 0 Å². The van der Waals surface area contributed by atoms with E-state index in [-0.39, 0.29) is 23.2 Å². The highest BCUT2D eigenvalue weighted by Crippen LogP contribution is 2.24. The van der Waals surface area contributed by atoms with Crippen molar-refractivity contribution in [3.63, 3.8) is 0 Å². The largest absolute Gasteiger partial charge is 0.391 e. The number of nitrogens with one attached hydrogen (secondary N) is 2. The van der Waals surface area contributed by atoms with Gasteiger partial charge in [-0.3, -0.25) is 4.79 Å². The van der Waals surface area contributed by atoms with Crippen molar-refractivity contribution in [1.29, 1.82) is 0 Å². The van der Waals surface area contributed by atoms with Gasteiger partial charge in [-0.15, -0.1) is 11.8 Å². The summed E-state index contributed by atoms with van der Waals surface area (Å²) in [5.41, 5.74) is 0. The molecular formula is C10H18N2O2S2. The normalized spacial score (nSPS) is 34.9. The van der Waals surface area contributed by atoms with Crippen molar-refractivity contribution in [3.8, 4) is 0 Å². The van der Waals surface area contributed by atoms with E-state index in [1.807, 2.05) is 11.8 Å². The predicted molar refractivity (Wildman–Crippen MR) is 68.9 cm³/mol. The van der Waals surface area contributed by atoms with E-state index in [1.54, 1.807) is 11.8 Å². The lowest BCUT2D eigenvalue weighted by Crippen LogP contribution is -2.40. The van der Waals surface area contributed by atoms with Crippen LogP contribution in [0.2, 0.25) is 0 Å². The first-order valence-corrected chi connectivity index (χ1v) is 7.83. The van der Waals surface area contributed by atoms with Gasteiger partial charge >= 0.3 is 0 Å². The lowest BCUT2D eigenvalue weighted by molar-refractivity contribution is -0.120. The molecule has 2 rings (SSSR count). The second-order valence-corrected chi connectivity index (χ2v) is 6.63. The topological polar surface area (TPSA) is 61.4 Å². The fourth-order valence-electron chi connectivity index (χ4n) is 1.91. The Balaban J connectivity index is 1.70. The van der Waals surface area contributed by atoms with Gasteiger partial charge in [0.1, 0.15) is 0 Å². The number of hydrogen-bond acceptors (Lipinski definition) is 5. The molecule has 2 aliphatic heterocycles. The van der Waals surface area contributed by atoms with Gasteiger partial charge < -0.3 is 15.7 Å². The van der Waals surface area contributed by atoms with E-state index >= 15 is 0 Å². The Hall–Kier alpha value is 0.0900. The minimum absolute atomic E-state index is 0.102. The predicted octanol–water partition coefficient (Wildman–Crippen LogP) is -0.468. The average molecular weight is 262 g/mol. The van der Waals surface area contributed by atoms with E-state index in [0.717, 1.165) is 23.8 Å². The van der Waals surface area contributed by atoms with Crippen LogP contribution in [-0.2, 0) is 4.79 Å². The Morgan fingerprint density at radius 3 is 2.94 bits per heavy atom. The van der Waals surface area contributed by atoms with Crippen molar-refractivity contribution < 1.29 is 9.90 Å². The van der Waals surface area contributed by atoms with Gasteiger partial charge in [0.15, 0.2) is 0 Å². The molecule has 0 aromatic heterocycles. The number of β-amino-alcohol motifs (C(OH)–C–C–N with tert-alkyl or cyclic N) is 1. The average Bonchev–Trinajstić information content (AvgIpc) is 2.73. The minimum Gasteiger partial charge on any atom is -0.391 e. The van der Waals surface area contributed by atoms with Crippen LogP contribution < -0.4 is 10.6 Å². The highest BCUT2D eigenvalue weighted by atomic mass is 32.2. The van der Waals surface area contributed by atoms with Crippen molar-refractivity contribution in [2.24, 2.45) is 5.92 Å². The molecule has 0 aliphatic carbocycles. The Labute approximate surface area is 104 Å². The second-order valence-electron chi connectivity index (χ2n) is 4.17. The first-order valence-electron chi connectivity index (χ1n) is 5.63. The summed E-state index contributed by atoms with van der Waals surface area (Å²) in [4.78, 5) is 11.8. The van der Waals surface area contributed by atoms with Crippen LogP contribution in [0, 0.1) is 5.92 Å². The number of thioether (sulfide) groups is 2. The van der Waals surface area contributed by atoms with Crippen molar-refractivity contribution in [3.05, 3.63) is 0 Å². The quantitative estimate of drug-likeness (QED) is 0.642. The molecule has 2 heterocycles. The van der Waals surface area contributed by atoms with E-state index < -0.39 is 0 Å². The van der Waals surface area contributed by atoms with Crippen LogP contribution >= 0.6 is 23.5 Å². The lowest BCUT2D eigenvalue weighted by Gasteiger charge is -2.21. The van der Waals surface area contributed by atoms with E-state index in [9.17, 15) is 9.90 Å². The summed E-state index contributed by atoms with van der Waals surface area (Å²) in [6.07, 6.45) is -0.311. The Morgan fingerprint density at radius 1 is 1.44 bits per heavy atom. The fraction of sp³-hybridized carbons (Fsp3) is 0.900. The first kappa shape index (κ1) is 12.5. The van der Waals surface area contributed by atoms with Crippen molar-refractivity contribution >= 4 is 29.4 Å². The van der Waals surface area contributed by atoms with E-state index in [0.29, 0.717) is 13.1 Å². The number of carbonyl (C=O) groups excluding carboxylic acids is 1. The molecule has 0 bridgehead atoms. The SMILES string of the molecule is O=C(NCC1CNCC1O)C1CSCCS1. The third-order valence-corrected chi connectivity index (χ3v) is 5.71. The zero-order valence-electron chi connectivity index (χ0n) is 9.15. The maximum Gasteiger partial charge on any atom is 0.233 e. The molecule has 4 nitrogen and oxygen atoms in total. The summed E-state index contributed by atoms with van der Waals surface area (Å²) < 4.78 is 0. The monoisotopic (exact) mass is 262 g/mol. The van der Waals surface area contributed by atoms with Gasteiger partial charge in [0.25, 0.3) is 0 Å². The molecule has 2 fully saturated rings. The molecule has 3 N–H and O–H groups in total. The Bertz CT molecular complexity index is 247. The molecular weight excluding hydrogens is 244 g/mol. The Morgan fingerprint density at radius 2 is 2.31 bits per heavy atom. The zero-order valence-corrected chi connectivity index (χ0v) is 10.8. The number of hydrogen-bond donors (Lipinski definition) is 3. The van der Waals surface area contributed by atoms with Crippen molar-refractivity contribution in [2.75, 3.05) is 36.9 Å². The van der Waals surface area contributed by atoms with Crippen LogP contribution in [0.25, 0.3) is 0 Å². The minimum atomic E-state index is -0.311. The first-order chi connectivity index (χ1) is 7.77. The van der Waals surface area contributed by atoms with Crippen LogP contribution in [0.15, 0.2) is 0 Å². The van der Waals surface area contributed by atoms with Gasteiger partial charge in [-0.1, -0.05) is 0 Å². The summed E-state index contributed by atoms with van der Waals surface area (Å²) >= 11 is 3.59. The summed E-state index contributed by atoms with van der Waals surface area (Å²) in [5, 5.41) is 15.8. The number of aliphatic hydroxyl groups excluding tert-OH is 1. The highest BCUT2D eigenvalue weighted by Gasteiger charge is 2.27. The molecule has 0 saturated carbocycles. The number of amides is 1. The number of aliphatic hydroxyl groups is 1. The number of carbonyl (C=O) groups is 1. The highest BCUT2D eigenvalue weighted by molar-refractivity contribution is 8.07. The second kappa shape index (κ2) is 6.14. The van der Waals surface area contributed by atoms with Gasteiger partial charge in [-0.25, -0.2) is 0 Å². The van der Waals surface area contributed by atoms with Gasteiger partial charge in [0, 0.05) is 42.8 Å². The summed E-state index contributed by atoms with van der Waals surface area (Å²) in [6.45, 7) is 2.04. The van der Waals surface area contributed by atoms with E-state index in [2.05, 4.69) is 10.6 Å². The van der Waals surface area contributed by atoms with Crippen LogP contribution in [0.1, 0.15) is 0 Å². The smallest absolute Gasteiger partial charge is 0.233 e. The maximum absolute atomic E-state index is 11.8. The van der Waals surface area contributed by atoms with Crippen molar-refractivity contribution in [2.45, 2.75) is 11.4 Å². The van der Waals surface area contributed by atoms with Crippen LogP contribution in [0.3, 0.4) is 0 Å². The standard InChI is InChI=1S/C10H18N2O2S2/c13-8-5-11-3-7(8)4-12-10(14)9-6-15-1-2-16-9/h7-9,11,13H,1-6H2,(H,12,14). The zero-order chi connectivity index (χ0) is 11.4. The van der Waals surface area contributed by atoms with Crippen molar-refractivity contribution in [1.82, 2.24) is 10.6 Å². The van der Waals surface area contributed by atoms with E-state index in [4.69, 9.17) is 0 Å². The molecule has 0 aromatic rings. The third-order valence-electron chi connectivity index (χ3n) is 2.95. The van der Waals surface area contributed by atoms with Crippen LogP contribution in [-0.4, -0.2) is 59.3 Å². The van der Waals surface area contributed by atoms with Gasteiger partial charge in [-0.05, 0) is 0 Å². The lowest BCUT2D eigenvalue weighted by atomic mass is 10.1. The van der Waals surface area contributed by atoms with Gasteiger partial charge in [0.2, 0.25) is 5.91 Å². The molecule has 0 radical (unpaired) electrons. The number of rotatable bonds is 3. The molecule has 0 aromatic carbocycles. The molecule has 3 atom stereocenters. The summed E-state index contributed by atoms with van der Waals surface area (Å²) in [5.74, 6) is 3.44. The maximum atomic E-state index is 11.8. The van der Waals surface area contributed by atoms with Gasteiger partial charge in [0.05, 0.1) is 11.4 Å². The summed E-state index contributed by atoms with van der Waals surface area (Å²) in [7, 11) is 0. The molecule has 1 amide bonds.